The van der Waals surface area contributed by atoms with Crippen LogP contribution in [-0.4, -0.2) is 4.57 Å². The summed E-state index contributed by atoms with van der Waals surface area (Å²) in [5, 5.41) is 0. The van der Waals surface area contributed by atoms with Crippen LogP contribution in [0.5, 0.6) is 0 Å². The van der Waals surface area contributed by atoms with E-state index in [0.717, 1.165) is 17.7 Å². The number of hydrogen-bond donors (Lipinski definition) is 1. The normalized spacial score (nSPS) is 12.9. The molecule has 14 heavy (non-hydrogen) atoms. The number of aromatic nitrogens is 1. The van der Waals surface area contributed by atoms with Crippen LogP contribution < -0.4 is 11.3 Å². The van der Waals surface area contributed by atoms with Gasteiger partial charge in [0.1, 0.15) is 5.69 Å². The van der Waals surface area contributed by atoms with Crippen LogP contribution in [0.4, 0.5) is 5.69 Å². The molecular weight excluding hydrogens is 176 g/mol. The smallest absolute Gasteiger partial charge is 0.274 e. The Bertz CT molecular complexity index is 393. The monoisotopic (exact) mass is 194 g/mol. The topological polar surface area (TPSA) is 48.0 Å². The van der Waals surface area contributed by atoms with Crippen LogP contribution in [0, 0.1) is 13.8 Å². The molecule has 1 unspecified atom stereocenters. The van der Waals surface area contributed by atoms with Crippen molar-refractivity contribution in [2.75, 3.05) is 5.73 Å². The highest BCUT2D eigenvalue weighted by Crippen LogP contribution is 2.14. The SMILES string of the molecule is CCC(C)n1c(C)cc(C)c(N)c1=O. The first kappa shape index (κ1) is 10.8. The number of anilines is 1. The summed E-state index contributed by atoms with van der Waals surface area (Å²) in [5.41, 5.74) is 7.87. The first-order chi connectivity index (χ1) is 6.49. The average molecular weight is 194 g/mol. The maximum Gasteiger partial charge on any atom is 0.274 e. The highest BCUT2D eigenvalue weighted by atomic mass is 16.1. The minimum Gasteiger partial charge on any atom is -0.394 e. The van der Waals surface area contributed by atoms with Crippen molar-refractivity contribution in [3.05, 3.63) is 27.7 Å². The maximum atomic E-state index is 11.8. The molecule has 0 spiro atoms. The van der Waals surface area contributed by atoms with Crippen LogP contribution in [0.2, 0.25) is 0 Å². The molecule has 1 atom stereocenters. The van der Waals surface area contributed by atoms with Gasteiger partial charge >= 0.3 is 0 Å². The van der Waals surface area contributed by atoms with Crippen LogP contribution in [0.25, 0.3) is 0 Å². The van der Waals surface area contributed by atoms with Crippen molar-refractivity contribution < 1.29 is 0 Å². The predicted octanol–water partition coefficient (Wildman–Crippen LogP) is 2.02. The molecule has 2 N–H and O–H groups in total. The van der Waals surface area contributed by atoms with Gasteiger partial charge in [-0.15, -0.1) is 0 Å². The molecular formula is C11H18N2O. The van der Waals surface area contributed by atoms with Crippen molar-refractivity contribution in [3.8, 4) is 0 Å². The lowest BCUT2D eigenvalue weighted by molar-refractivity contribution is 0.503. The van der Waals surface area contributed by atoms with Gasteiger partial charge in [0.2, 0.25) is 0 Å². The van der Waals surface area contributed by atoms with Crippen LogP contribution in [-0.2, 0) is 0 Å². The number of aryl methyl sites for hydroxylation is 2. The molecule has 0 saturated heterocycles. The number of rotatable bonds is 2. The summed E-state index contributed by atoms with van der Waals surface area (Å²) in [5.74, 6) is 0. The van der Waals surface area contributed by atoms with Gasteiger partial charge in [-0.05, 0) is 38.8 Å². The van der Waals surface area contributed by atoms with Gasteiger partial charge in [0, 0.05) is 11.7 Å². The van der Waals surface area contributed by atoms with Crippen molar-refractivity contribution in [1.29, 1.82) is 0 Å². The largest absolute Gasteiger partial charge is 0.394 e. The zero-order chi connectivity index (χ0) is 10.9. The Morgan fingerprint density at radius 1 is 1.50 bits per heavy atom. The fourth-order valence-electron chi connectivity index (χ4n) is 1.65. The molecule has 0 saturated carbocycles. The molecule has 1 rings (SSSR count). The molecule has 1 aromatic rings. The maximum absolute atomic E-state index is 11.8. The highest BCUT2D eigenvalue weighted by molar-refractivity contribution is 5.44. The van der Waals surface area contributed by atoms with Crippen molar-refractivity contribution in [2.24, 2.45) is 0 Å². The molecule has 78 valence electrons. The average Bonchev–Trinajstić information content (AvgIpc) is 2.14. The van der Waals surface area contributed by atoms with Crippen molar-refractivity contribution in [3.63, 3.8) is 0 Å². The zero-order valence-corrected chi connectivity index (χ0v) is 9.29. The third-order valence-corrected chi connectivity index (χ3v) is 2.71. The standard InChI is InChI=1S/C11H18N2O/c1-5-8(3)13-9(4)6-7(2)10(12)11(13)14/h6,8H,5,12H2,1-4H3. The van der Waals surface area contributed by atoms with Gasteiger partial charge in [-0.25, -0.2) is 0 Å². The second kappa shape index (κ2) is 3.86. The molecule has 0 aliphatic heterocycles. The molecule has 0 aliphatic rings. The summed E-state index contributed by atoms with van der Waals surface area (Å²) in [6.45, 7) is 7.90. The van der Waals surface area contributed by atoms with Gasteiger partial charge in [0.25, 0.3) is 5.56 Å². The number of nitrogens with zero attached hydrogens (tertiary/aromatic N) is 1. The summed E-state index contributed by atoms with van der Waals surface area (Å²) < 4.78 is 1.77. The fraction of sp³-hybridized carbons (Fsp3) is 0.545. The van der Waals surface area contributed by atoms with E-state index in [1.165, 1.54) is 0 Å². The molecule has 0 fully saturated rings. The second-order valence-corrected chi connectivity index (χ2v) is 3.81. The Labute approximate surface area is 84.6 Å². The van der Waals surface area contributed by atoms with E-state index in [-0.39, 0.29) is 11.6 Å². The van der Waals surface area contributed by atoms with E-state index in [9.17, 15) is 4.79 Å². The Morgan fingerprint density at radius 2 is 2.07 bits per heavy atom. The molecule has 0 radical (unpaired) electrons. The van der Waals surface area contributed by atoms with Crippen LogP contribution in [0.15, 0.2) is 10.9 Å². The first-order valence-corrected chi connectivity index (χ1v) is 4.97. The number of pyridine rings is 1. The molecule has 0 aliphatic carbocycles. The molecule has 3 heteroatoms. The van der Waals surface area contributed by atoms with Gasteiger partial charge in [-0.1, -0.05) is 6.92 Å². The van der Waals surface area contributed by atoms with E-state index in [0.29, 0.717) is 5.69 Å². The fourth-order valence-corrected chi connectivity index (χ4v) is 1.65. The second-order valence-electron chi connectivity index (χ2n) is 3.81. The third-order valence-electron chi connectivity index (χ3n) is 2.71. The minimum absolute atomic E-state index is 0.0585. The molecule has 0 aromatic carbocycles. The molecule has 1 heterocycles. The summed E-state index contributed by atoms with van der Waals surface area (Å²) in [6, 6.07) is 2.17. The highest BCUT2D eigenvalue weighted by Gasteiger charge is 2.11. The van der Waals surface area contributed by atoms with Crippen LogP contribution in [0.1, 0.15) is 37.6 Å². The first-order valence-electron chi connectivity index (χ1n) is 4.97. The molecule has 1 aromatic heterocycles. The molecule has 0 amide bonds. The van der Waals surface area contributed by atoms with Gasteiger partial charge in [-0.2, -0.15) is 0 Å². The van der Waals surface area contributed by atoms with Crippen molar-refractivity contribution in [2.45, 2.75) is 40.2 Å². The Hall–Kier alpha value is -1.25. The number of nitrogen functional groups attached to an aromatic ring is 1. The minimum atomic E-state index is -0.0585. The van der Waals surface area contributed by atoms with E-state index in [2.05, 4.69) is 6.92 Å². The Morgan fingerprint density at radius 3 is 2.57 bits per heavy atom. The number of nitrogens with two attached hydrogens (primary N) is 1. The van der Waals surface area contributed by atoms with E-state index < -0.39 is 0 Å². The van der Waals surface area contributed by atoms with E-state index in [4.69, 9.17) is 5.73 Å². The quantitative estimate of drug-likeness (QED) is 0.783. The van der Waals surface area contributed by atoms with E-state index in [1.807, 2.05) is 26.8 Å². The van der Waals surface area contributed by atoms with E-state index in [1.54, 1.807) is 4.57 Å². The van der Waals surface area contributed by atoms with Gasteiger partial charge in [-0.3, -0.25) is 4.79 Å². The summed E-state index contributed by atoms with van der Waals surface area (Å²) in [4.78, 5) is 11.8. The summed E-state index contributed by atoms with van der Waals surface area (Å²) in [7, 11) is 0. The van der Waals surface area contributed by atoms with Gasteiger partial charge in [0.05, 0.1) is 0 Å². The molecule has 3 nitrogen and oxygen atoms in total. The molecule has 0 bridgehead atoms. The Balaban J connectivity index is 3.44. The van der Waals surface area contributed by atoms with Gasteiger partial charge < -0.3 is 10.3 Å². The lowest BCUT2D eigenvalue weighted by Gasteiger charge is -2.17. The van der Waals surface area contributed by atoms with Gasteiger partial charge in [0.15, 0.2) is 0 Å². The lowest BCUT2D eigenvalue weighted by Crippen LogP contribution is -2.28. The third kappa shape index (κ3) is 1.67. The van der Waals surface area contributed by atoms with Crippen molar-refractivity contribution >= 4 is 5.69 Å². The summed E-state index contributed by atoms with van der Waals surface area (Å²) >= 11 is 0. The predicted molar refractivity (Wildman–Crippen MR) is 59.6 cm³/mol. The van der Waals surface area contributed by atoms with Crippen molar-refractivity contribution in [1.82, 2.24) is 4.57 Å². The zero-order valence-electron chi connectivity index (χ0n) is 9.29. The van der Waals surface area contributed by atoms with Crippen LogP contribution in [0.3, 0.4) is 0 Å². The summed E-state index contributed by atoms with van der Waals surface area (Å²) in [6.07, 6.45) is 0.934. The van der Waals surface area contributed by atoms with Crippen LogP contribution >= 0.6 is 0 Å². The lowest BCUT2D eigenvalue weighted by atomic mass is 10.1. The number of hydrogen-bond acceptors (Lipinski definition) is 2. The Kier molecular flexibility index (Phi) is 2.99. The van der Waals surface area contributed by atoms with E-state index >= 15 is 0 Å².